The fourth-order valence-electron chi connectivity index (χ4n) is 2.55. The average molecular weight is 435 g/mol. The van der Waals surface area contributed by atoms with Crippen molar-refractivity contribution in [2.75, 3.05) is 7.11 Å². The minimum absolute atomic E-state index is 0.148. The van der Waals surface area contributed by atoms with Gasteiger partial charge in [-0.1, -0.05) is 43.6 Å². The number of nitrogens with one attached hydrogen (secondary N) is 1. The number of primary amides is 1. The predicted octanol–water partition coefficient (Wildman–Crippen LogP) is 3.30. The number of rotatable bonds is 8. The number of halogens is 1. The van der Waals surface area contributed by atoms with Crippen molar-refractivity contribution in [3.05, 3.63) is 58.6 Å². The summed E-state index contributed by atoms with van der Waals surface area (Å²) < 4.78 is 16.3. The minimum atomic E-state index is -1.19. The Labute approximate surface area is 179 Å². The van der Waals surface area contributed by atoms with E-state index in [0.29, 0.717) is 16.5 Å². The van der Waals surface area contributed by atoms with Gasteiger partial charge in [-0.15, -0.1) is 0 Å². The molecule has 160 valence electrons. The molecule has 8 nitrogen and oxygen atoms in total. The summed E-state index contributed by atoms with van der Waals surface area (Å²) in [5, 5.41) is 2.49. The van der Waals surface area contributed by atoms with E-state index in [1.165, 1.54) is 19.2 Å². The van der Waals surface area contributed by atoms with E-state index in [4.69, 9.17) is 31.5 Å². The fourth-order valence-corrected chi connectivity index (χ4v) is 2.74. The van der Waals surface area contributed by atoms with Gasteiger partial charge in [0.15, 0.2) is 17.6 Å². The Morgan fingerprint density at radius 2 is 1.80 bits per heavy atom. The van der Waals surface area contributed by atoms with Gasteiger partial charge in [-0.2, -0.15) is 0 Å². The van der Waals surface area contributed by atoms with E-state index in [1.807, 2.05) is 23.5 Å². The number of carbonyl (C=O) groups is 3. The number of methoxy groups -OCH3 is 1. The van der Waals surface area contributed by atoms with Crippen LogP contribution >= 0.6 is 11.6 Å². The first-order valence-electron chi connectivity index (χ1n) is 9.08. The Kier molecular flexibility index (Phi) is 8.06. The quantitative estimate of drug-likeness (QED) is 0.615. The molecule has 0 bridgehead atoms. The Morgan fingerprint density at radius 1 is 1.10 bits per heavy atom. The van der Waals surface area contributed by atoms with Gasteiger partial charge in [0.05, 0.1) is 12.7 Å². The van der Waals surface area contributed by atoms with Gasteiger partial charge in [0.1, 0.15) is 6.61 Å². The monoisotopic (exact) mass is 434 g/mol. The van der Waals surface area contributed by atoms with Crippen LogP contribution in [0, 0.1) is 5.92 Å². The third-order valence-corrected chi connectivity index (χ3v) is 4.45. The highest BCUT2D eigenvalue weighted by atomic mass is 35.5. The van der Waals surface area contributed by atoms with Crippen LogP contribution in [0.4, 0.5) is 4.79 Å². The van der Waals surface area contributed by atoms with Crippen molar-refractivity contribution in [1.29, 1.82) is 0 Å². The van der Waals surface area contributed by atoms with Crippen molar-refractivity contribution < 1.29 is 28.6 Å². The van der Waals surface area contributed by atoms with Crippen LogP contribution in [0.25, 0.3) is 0 Å². The first-order chi connectivity index (χ1) is 14.2. The summed E-state index contributed by atoms with van der Waals surface area (Å²) in [7, 11) is 1.43. The van der Waals surface area contributed by atoms with Crippen molar-refractivity contribution in [3.63, 3.8) is 0 Å². The molecule has 0 aliphatic carbocycles. The van der Waals surface area contributed by atoms with Crippen molar-refractivity contribution in [2.24, 2.45) is 11.7 Å². The normalized spacial score (nSPS) is 11.5. The van der Waals surface area contributed by atoms with E-state index in [9.17, 15) is 14.4 Å². The van der Waals surface area contributed by atoms with Gasteiger partial charge in [-0.05, 0) is 30.2 Å². The lowest BCUT2D eigenvalue weighted by Crippen LogP contribution is -2.45. The van der Waals surface area contributed by atoms with Crippen molar-refractivity contribution in [1.82, 2.24) is 5.32 Å². The van der Waals surface area contributed by atoms with E-state index < -0.39 is 24.0 Å². The predicted molar refractivity (Wildman–Crippen MR) is 111 cm³/mol. The lowest BCUT2D eigenvalue weighted by molar-refractivity contribution is -0.130. The Bertz CT molecular complexity index is 931. The van der Waals surface area contributed by atoms with E-state index in [2.05, 4.69) is 0 Å². The molecule has 3 N–H and O–H groups in total. The number of amides is 3. The van der Waals surface area contributed by atoms with Crippen molar-refractivity contribution >= 4 is 29.5 Å². The van der Waals surface area contributed by atoms with Crippen LogP contribution in [-0.4, -0.2) is 31.1 Å². The van der Waals surface area contributed by atoms with Gasteiger partial charge < -0.3 is 19.9 Å². The maximum atomic E-state index is 12.5. The molecule has 0 saturated heterocycles. The molecule has 1 atom stereocenters. The smallest absolute Gasteiger partial charge is 0.339 e. The van der Waals surface area contributed by atoms with Gasteiger partial charge in [-0.3, -0.25) is 10.1 Å². The number of carbonyl (C=O) groups excluding carboxylic acids is 3. The number of imide groups is 1. The summed E-state index contributed by atoms with van der Waals surface area (Å²) >= 11 is 6.13. The zero-order valence-corrected chi connectivity index (χ0v) is 17.6. The number of esters is 1. The Balaban J connectivity index is 2.14. The van der Waals surface area contributed by atoms with Gasteiger partial charge in [-0.25, -0.2) is 9.59 Å². The Morgan fingerprint density at radius 3 is 2.40 bits per heavy atom. The van der Waals surface area contributed by atoms with Crippen LogP contribution in [-0.2, 0) is 16.1 Å². The van der Waals surface area contributed by atoms with E-state index >= 15 is 0 Å². The van der Waals surface area contributed by atoms with Crippen LogP contribution in [0.15, 0.2) is 42.5 Å². The molecule has 2 rings (SSSR count). The fraction of sp³-hybridized carbons (Fsp3) is 0.286. The highest BCUT2D eigenvalue weighted by molar-refractivity contribution is 6.31. The summed E-state index contributed by atoms with van der Waals surface area (Å²) in [5.74, 6) is -1.23. The first kappa shape index (κ1) is 23.0. The van der Waals surface area contributed by atoms with Gasteiger partial charge >= 0.3 is 12.0 Å². The molecule has 0 spiro atoms. The second-order valence-corrected chi connectivity index (χ2v) is 7.08. The van der Waals surface area contributed by atoms with E-state index in [-0.39, 0.29) is 18.1 Å². The standard InChI is InChI=1S/C21H23ClN2O6/c1-12(2)18(19(25)24-21(23)27)30-20(26)13-8-9-16(17(10-13)28-3)29-11-14-6-4-5-7-15(14)22/h4-10,12,18H,11H2,1-3H3,(H3,23,24,25,27). The Hall–Kier alpha value is -3.26. The number of benzene rings is 2. The maximum absolute atomic E-state index is 12.5. The zero-order chi connectivity index (χ0) is 22.3. The van der Waals surface area contributed by atoms with Crippen LogP contribution < -0.4 is 20.5 Å². The van der Waals surface area contributed by atoms with Crippen molar-refractivity contribution in [3.8, 4) is 11.5 Å². The number of hydrogen-bond donors (Lipinski definition) is 2. The molecule has 30 heavy (non-hydrogen) atoms. The van der Waals surface area contributed by atoms with Gasteiger partial charge in [0, 0.05) is 10.6 Å². The summed E-state index contributed by atoms with van der Waals surface area (Å²) in [6.45, 7) is 3.55. The molecule has 0 saturated carbocycles. The van der Waals surface area contributed by atoms with Crippen LogP contribution in [0.1, 0.15) is 29.8 Å². The summed E-state index contributed by atoms with van der Waals surface area (Å²) in [4.78, 5) is 35.5. The van der Waals surface area contributed by atoms with Gasteiger partial charge in [0.2, 0.25) is 0 Å². The van der Waals surface area contributed by atoms with Crippen molar-refractivity contribution in [2.45, 2.75) is 26.6 Å². The molecule has 2 aromatic rings. The SMILES string of the molecule is COc1cc(C(=O)OC(C(=O)NC(N)=O)C(C)C)ccc1OCc1ccccc1Cl. The molecule has 0 fully saturated rings. The number of urea groups is 1. The largest absolute Gasteiger partial charge is 0.493 e. The highest BCUT2D eigenvalue weighted by Gasteiger charge is 2.28. The molecule has 1 unspecified atom stereocenters. The molecular weight excluding hydrogens is 412 g/mol. The van der Waals surface area contributed by atoms with Crippen LogP contribution in [0.5, 0.6) is 11.5 Å². The second-order valence-electron chi connectivity index (χ2n) is 6.67. The number of nitrogens with two attached hydrogens (primary N) is 1. The van der Waals surface area contributed by atoms with Gasteiger partial charge in [0.25, 0.3) is 5.91 Å². The topological polar surface area (TPSA) is 117 Å². The highest BCUT2D eigenvalue weighted by Crippen LogP contribution is 2.30. The molecule has 0 aromatic heterocycles. The first-order valence-corrected chi connectivity index (χ1v) is 9.46. The third-order valence-electron chi connectivity index (χ3n) is 4.08. The summed E-state index contributed by atoms with van der Waals surface area (Å²) in [5.41, 5.74) is 5.90. The molecule has 0 radical (unpaired) electrons. The molecule has 0 heterocycles. The molecule has 9 heteroatoms. The third kappa shape index (κ3) is 6.12. The van der Waals surface area contributed by atoms with Crippen LogP contribution in [0.3, 0.4) is 0 Å². The molecule has 0 aliphatic rings. The summed E-state index contributed by atoms with van der Waals surface area (Å²) in [6, 6.07) is 10.7. The summed E-state index contributed by atoms with van der Waals surface area (Å²) in [6.07, 6.45) is -1.19. The van der Waals surface area contributed by atoms with E-state index in [1.54, 1.807) is 26.0 Å². The van der Waals surface area contributed by atoms with Crippen LogP contribution in [0.2, 0.25) is 5.02 Å². The molecular formula is C21H23ClN2O6. The van der Waals surface area contributed by atoms with E-state index in [0.717, 1.165) is 5.56 Å². The lowest BCUT2D eigenvalue weighted by atomic mass is 10.1. The zero-order valence-electron chi connectivity index (χ0n) is 16.8. The number of ether oxygens (including phenoxy) is 3. The molecule has 2 aromatic carbocycles. The lowest BCUT2D eigenvalue weighted by Gasteiger charge is -2.20. The maximum Gasteiger partial charge on any atom is 0.339 e. The minimum Gasteiger partial charge on any atom is -0.493 e. The molecule has 0 aliphatic heterocycles. The molecule has 3 amide bonds. The number of hydrogen-bond acceptors (Lipinski definition) is 6. The average Bonchev–Trinajstić information content (AvgIpc) is 2.70. The second kappa shape index (κ2) is 10.5.